The van der Waals surface area contributed by atoms with Crippen LogP contribution < -0.4 is 0 Å². The predicted molar refractivity (Wildman–Crippen MR) is 122 cm³/mol. The molecule has 0 aliphatic heterocycles. The maximum absolute atomic E-state index is 13.0. The first-order valence-corrected chi connectivity index (χ1v) is 12.0. The molecule has 1 aromatic rings. The fourth-order valence-corrected chi connectivity index (χ4v) is 5.99. The third kappa shape index (κ3) is 5.33. The molecular formula is C26H38O6. The van der Waals surface area contributed by atoms with Crippen molar-refractivity contribution < 1.29 is 29.7 Å². The van der Waals surface area contributed by atoms with Gasteiger partial charge >= 0.3 is 17.9 Å². The van der Waals surface area contributed by atoms with E-state index in [1.54, 1.807) is 0 Å². The normalized spacial score (nSPS) is 25.1. The Bertz CT molecular complexity index is 776. The molecule has 0 heterocycles. The van der Waals surface area contributed by atoms with E-state index >= 15 is 0 Å². The number of unbranched alkanes of at least 4 members (excludes halogenated alkanes) is 1. The van der Waals surface area contributed by atoms with Crippen molar-refractivity contribution in [2.45, 2.75) is 84.5 Å². The van der Waals surface area contributed by atoms with E-state index in [-0.39, 0.29) is 31.6 Å². The highest BCUT2D eigenvalue weighted by molar-refractivity contribution is 5.88. The van der Waals surface area contributed by atoms with Gasteiger partial charge in [-0.2, -0.15) is 0 Å². The van der Waals surface area contributed by atoms with Crippen molar-refractivity contribution in [2.24, 2.45) is 22.7 Å². The molecule has 178 valence electrons. The van der Waals surface area contributed by atoms with Crippen LogP contribution in [0.15, 0.2) is 30.3 Å². The van der Waals surface area contributed by atoms with Gasteiger partial charge in [0.2, 0.25) is 0 Å². The molecule has 1 aliphatic rings. The molecule has 0 bridgehead atoms. The number of carboxylic acid groups (broad SMARTS) is 3. The van der Waals surface area contributed by atoms with Crippen molar-refractivity contribution in [3.63, 3.8) is 0 Å². The van der Waals surface area contributed by atoms with Crippen LogP contribution in [0.1, 0.15) is 83.6 Å². The number of hydrogen-bond donors (Lipinski definition) is 3. The summed E-state index contributed by atoms with van der Waals surface area (Å²) in [6.45, 7) is 4.14. The molecule has 4 unspecified atom stereocenters. The zero-order chi connectivity index (χ0) is 23.8. The van der Waals surface area contributed by atoms with Crippen LogP contribution in [-0.4, -0.2) is 33.2 Å². The maximum atomic E-state index is 13.0. The largest absolute Gasteiger partial charge is 0.481 e. The molecule has 0 radical (unpaired) electrons. The molecule has 0 spiro atoms. The van der Waals surface area contributed by atoms with Gasteiger partial charge in [-0.1, -0.05) is 82.7 Å². The van der Waals surface area contributed by atoms with Gasteiger partial charge in [-0.25, -0.2) is 0 Å². The monoisotopic (exact) mass is 446 g/mol. The molecule has 0 aromatic heterocycles. The lowest BCUT2D eigenvalue weighted by molar-refractivity contribution is -0.190. The van der Waals surface area contributed by atoms with Gasteiger partial charge < -0.3 is 15.3 Å². The van der Waals surface area contributed by atoms with Gasteiger partial charge in [0, 0.05) is 6.42 Å². The third-order valence-electron chi connectivity index (χ3n) is 7.70. The highest BCUT2D eigenvalue weighted by Gasteiger charge is 2.65. The smallest absolute Gasteiger partial charge is 0.311 e. The molecule has 0 saturated heterocycles. The second-order valence-corrected chi connectivity index (χ2v) is 9.48. The van der Waals surface area contributed by atoms with Gasteiger partial charge in [0.1, 0.15) is 0 Å². The second-order valence-electron chi connectivity index (χ2n) is 9.48. The van der Waals surface area contributed by atoms with E-state index in [2.05, 4.69) is 6.92 Å². The van der Waals surface area contributed by atoms with E-state index in [4.69, 9.17) is 0 Å². The zero-order valence-corrected chi connectivity index (χ0v) is 19.4. The van der Waals surface area contributed by atoms with Crippen LogP contribution in [0, 0.1) is 22.7 Å². The van der Waals surface area contributed by atoms with Gasteiger partial charge in [-0.05, 0) is 43.1 Å². The first kappa shape index (κ1) is 25.9. The van der Waals surface area contributed by atoms with Crippen molar-refractivity contribution in [3.05, 3.63) is 35.9 Å². The average Bonchev–Trinajstić information content (AvgIpc) is 2.76. The van der Waals surface area contributed by atoms with Crippen molar-refractivity contribution in [1.29, 1.82) is 0 Å². The van der Waals surface area contributed by atoms with Gasteiger partial charge in [-0.15, -0.1) is 0 Å². The summed E-state index contributed by atoms with van der Waals surface area (Å²) in [4.78, 5) is 37.8. The molecule has 6 heteroatoms. The van der Waals surface area contributed by atoms with Crippen LogP contribution in [0.4, 0.5) is 0 Å². The molecule has 6 nitrogen and oxygen atoms in total. The van der Waals surface area contributed by atoms with E-state index in [0.29, 0.717) is 19.3 Å². The highest BCUT2D eigenvalue weighted by Crippen LogP contribution is 2.59. The first-order chi connectivity index (χ1) is 15.2. The molecule has 0 amide bonds. The van der Waals surface area contributed by atoms with Crippen LogP contribution in [-0.2, 0) is 20.8 Å². The summed E-state index contributed by atoms with van der Waals surface area (Å²) in [5, 5.41) is 30.9. The van der Waals surface area contributed by atoms with Crippen molar-refractivity contribution >= 4 is 17.9 Å². The predicted octanol–water partition coefficient (Wildman–Crippen LogP) is 5.64. The fourth-order valence-electron chi connectivity index (χ4n) is 5.99. The quantitative estimate of drug-likeness (QED) is 0.361. The Morgan fingerprint density at radius 1 is 0.969 bits per heavy atom. The fraction of sp³-hybridized carbons (Fsp3) is 0.654. The first-order valence-electron chi connectivity index (χ1n) is 12.0. The van der Waals surface area contributed by atoms with Gasteiger partial charge in [0.15, 0.2) is 0 Å². The second kappa shape index (κ2) is 11.5. The van der Waals surface area contributed by atoms with Crippen LogP contribution in [0.25, 0.3) is 0 Å². The number of aliphatic carboxylic acids is 3. The minimum atomic E-state index is -1.62. The number of rotatable bonds is 13. The third-order valence-corrected chi connectivity index (χ3v) is 7.70. The summed E-state index contributed by atoms with van der Waals surface area (Å²) < 4.78 is 0. The summed E-state index contributed by atoms with van der Waals surface area (Å²) in [5.74, 6) is -3.90. The van der Waals surface area contributed by atoms with Crippen LogP contribution >= 0.6 is 0 Å². The van der Waals surface area contributed by atoms with Crippen LogP contribution in [0.5, 0.6) is 0 Å². The molecule has 3 N–H and O–H groups in total. The summed E-state index contributed by atoms with van der Waals surface area (Å²) in [6.07, 6.45) is 5.59. The van der Waals surface area contributed by atoms with Gasteiger partial charge in [-0.3, -0.25) is 14.4 Å². The lowest BCUT2D eigenvalue weighted by atomic mass is 9.47. The van der Waals surface area contributed by atoms with Gasteiger partial charge in [0.05, 0.1) is 10.8 Å². The average molecular weight is 447 g/mol. The van der Waals surface area contributed by atoms with Crippen LogP contribution in [0.2, 0.25) is 0 Å². The number of carboxylic acids is 3. The molecule has 1 saturated carbocycles. The Morgan fingerprint density at radius 3 is 2.16 bits per heavy atom. The number of carbonyl (C=O) groups is 3. The van der Waals surface area contributed by atoms with E-state index in [1.165, 1.54) is 0 Å². The van der Waals surface area contributed by atoms with E-state index in [9.17, 15) is 29.7 Å². The Labute approximate surface area is 191 Å². The standard InChI is InChI=1S/C26H38O6/c1-3-5-11-19(4-2)16-21(17-22(27)28)26(24(31)32)15-10-9-14-25(26,23(29)30)18-20-12-7-6-8-13-20/h6-8,12-13,19,21H,3-5,9-11,14-18H2,1-2H3,(H,27,28)(H,29,30)(H,31,32). The molecular weight excluding hydrogens is 408 g/mol. The molecule has 1 aromatic carbocycles. The van der Waals surface area contributed by atoms with E-state index in [0.717, 1.165) is 31.2 Å². The zero-order valence-electron chi connectivity index (χ0n) is 19.4. The SMILES string of the molecule is CCCCC(CC)CC(CC(=O)O)C1(C(=O)O)CCCCC1(Cc1ccccc1)C(=O)O. The molecule has 1 aliphatic carbocycles. The van der Waals surface area contributed by atoms with Crippen molar-refractivity contribution in [1.82, 2.24) is 0 Å². The van der Waals surface area contributed by atoms with E-state index < -0.39 is 34.7 Å². The van der Waals surface area contributed by atoms with E-state index in [1.807, 2.05) is 37.3 Å². The van der Waals surface area contributed by atoms with Crippen molar-refractivity contribution in [3.8, 4) is 0 Å². The Balaban J connectivity index is 2.63. The highest BCUT2D eigenvalue weighted by atomic mass is 16.4. The van der Waals surface area contributed by atoms with Crippen molar-refractivity contribution in [2.75, 3.05) is 0 Å². The number of benzene rings is 1. The molecule has 1 fully saturated rings. The molecule has 4 atom stereocenters. The summed E-state index contributed by atoms with van der Waals surface area (Å²) in [5.41, 5.74) is -2.39. The Morgan fingerprint density at radius 2 is 1.62 bits per heavy atom. The summed E-state index contributed by atoms with van der Waals surface area (Å²) in [6, 6.07) is 9.14. The summed E-state index contributed by atoms with van der Waals surface area (Å²) >= 11 is 0. The minimum Gasteiger partial charge on any atom is -0.481 e. The lowest BCUT2D eigenvalue weighted by Crippen LogP contribution is -2.60. The number of hydrogen-bond acceptors (Lipinski definition) is 3. The Kier molecular flexibility index (Phi) is 9.29. The van der Waals surface area contributed by atoms with Crippen LogP contribution in [0.3, 0.4) is 0 Å². The molecule has 32 heavy (non-hydrogen) atoms. The topological polar surface area (TPSA) is 112 Å². The van der Waals surface area contributed by atoms with Gasteiger partial charge in [0.25, 0.3) is 0 Å². The maximum Gasteiger partial charge on any atom is 0.311 e. The lowest BCUT2D eigenvalue weighted by Gasteiger charge is -2.52. The minimum absolute atomic E-state index is 0.0946. The summed E-state index contributed by atoms with van der Waals surface area (Å²) in [7, 11) is 0. The molecule has 2 rings (SSSR count). The Hall–Kier alpha value is -2.37.